The zero-order valence-electron chi connectivity index (χ0n) is 26.0. The van der Waals surface area contributed by atoms with Crippen molar-refractivity contribution < 1.29 is 19.5 Å². The number of rotatable bonds is 13. The van der Waals surface area contributed by atoms with Crippen LogP contribution in [0.25, 0.3) is 0 Å². The average Bonchev–Trinajstić information content (AvgIpc) is 3.50. The standard InChI is InChI=1S/C36H45N5O4/c1-25(35(44)39-29-16-9-4-10-17-29)37-24-33(42)32(20-26-12-5-2-6-13-26)40-36(45)27-21-30(38-28-14-7-3-8-15-28)23-31(22-27)41-19-11-18-34(41)43/h2-3,5-8,12-15,21-23,25,29,32-33,37-38,42H,4,9-11,16-20,24H2,1H3,(H,39,44)(H,40,45)/t25-,32?,33+/m0/s1. The van der Waals surface area contributed by atoms with E-state index >= 15 is 0 Å². The van der Waals surface area contributed by atoms with E-state index in [1.54, 1.807) is 24.0 Å². The average molecular weight is 612 g/mol. The monoisotopic (exact) mass is 611 g/mol. The number of para-hydroxylation sites is 1. The Morgan fingerprint density at radius 1 is 0.911 bits per heavy atom. The van der Waals surface area contributed by atoms with Gasteiger partial charge in [0.1, 0.15) is 0 Å². The fourth-order valence-corrected chi connectivity index (χ4v) is 6.09. The van der Waals surface area contributed by atoms with E-state index in [1.165, 1.54) is 6.42 Å². The Bertz CT molecular complexity index is 1430. The summed E-state index contributed by atoms with van der Waals surface area (Å²) in [6.07, 6.45) is 6.16. The lowest BCUT2D eigenvalue weighted by Crippen LogP contribution is -2.53. The molecule has 3 amide bonds. The SMILES string of the molecule is C[C@H](NC[C@@H](O)C(Cc1ccccc1)NC(=O)c1cc(Nc2ccccc2)cc(N2CCCC2=O)c1)C(=O)NC1CCCCC1. The Balaban J connectivity index is 1.31. The van der Waals surface area contributed by atoms with Gasteiger partial charge in [-0.1, -0.05) is 67.8 Å². The summed E-state index contributed by atoms with van der Waals surface area (Å²) < 4.78 is 0. The molecule has 9 heteroatoms. The van der Waals surface area contributed by atoms with Gasteiger partial charge >= 0.3 is 0 Å². The second kappa shape index (κ2) is 15.7. The summed E-state index contributed by atoms with van der Waals surface area (Å²) in [5, 5.41) is 24.1. The van der Waals surface area contributed by atoms with E-state index in [1.807, 2.05) is 66.7 Å². The summed E-state index contributed by atoms with van der Waals surface area (Å²) >= 11 is 0. The first-order valence-corrected chi connectivity index (χ1v) is 16.2. The number of carbonyl (C=O) groups is 3. The molecule has 238 valence electrons. The van der Waals surface area contributed by atoms with E-state index in [2.05, 4.69) is 21.3 Å². The van der Waals surface area contributed by atoms with Crippen molar-refractivity contribution >= 4 is 34.8 Å². The highest BCUT2D eigenvalue weighted by Gasteiger charge is 2.27. The molecule has 1 aliphatic carbocycles. The van der Waals surface area contributed by atoms with Crippen molar-refractivity contribution in [3.05, 3.63) is 90.0 Å². The molecule has 0 radical (unpaired) electrons. The van der Waals surface area contributed by atoms with Crippen LogP contribution in [-0.4, -0.2) is 60.1 Å². The number of hydrogen-bond donors (Lipinski definition) is 5. The van der Waals surface area contributed by atoms with Gasteiger partial charge in [-0.05, 0) is 68.5 Å². The van der Waals surface area contributed by atoms with E-state index in [4.69, 9.17) is 0 Å². The van der Waals surface area contributed by atoms with Crippen molar-refractivity contribution in [3.63, 3.8) is 0 Å². The molecule has 1 heterocycles. The molecular formula is C36H45N5O4. The predicted octanol–water partition coefficient (Wildman–Crippen LogP) is 4.69. The summed E-state index contributed by atoms with van der Waals surface area (Å²) in [6, 6.07) is 23.8. The van der Waals surface area contributed by atoms with Gasteiger partial charge in [0.15, 0.2) is 0 Å². The summed E-state index contributed by atoms with van der Waals surface area (Å²) in [5.41, 5.74) is 3.54. The third-order valence-electron chi connectivity index (χ3n) is 8.68. The lowest BCUT2D eigenvalue weighted by molar-refractivity contribution is -0.123. The van der Waals surface area contributed by atoms with Gasteiger partial charge in [-0.3, -0.25) is 14.4 Å². The minimum atomic E-state index is -0.968. The van der Waals surface area contributed by atoms with Crippen LogP contribution in [0.2, 0.25) is 0 Å². The summed E-state index contributed by atoms with van der Waals surface area (Å²) in [5.74, 6) is -0.407. The Hall–Kier alpha value is -4.21. The van der Waals surface area contributed by atoms with Crippen molar-refractivity contribution in [2.24, 2.45) is 0 Å². The highest BCUT2D eigenvalue weighted by Crippen LogP contribution is 2.28. The molecule has 9 nitrogen and oxygen atoms in total. The second-order valence-corrected chi connectivity index (χ2v) is 12.2. The van der Waals surface area contributed by atoms with E-state index in [9.17, 15) is 19.5 Å². The quantitative estimate of drug-likeness (QED) is 0.191. The lowest BCUT2D eigenvalue weighted by Gasteiger charge is -2.28. The molecule has 5 rings (SSSR count). The number of benzene rings is 3. The molecule has 1 saturated heterocycles. The number of aliphatic hydroxyl groups excluding tert-OH is 1. The highest BCUT2D eigenvalue weighted by molar-refractivity contribution is 6.00. The van der Waals surface area contributed by atoms with Crippen LogP contribution in [0.3, 0.4) is 0 Å². The van der Waals surface area contributed by atoms with Crippen molar-refractivity contribution in [1.29, 1.82) is 0 Å². The number of amides is 3. The lowest BCUT2D eigenvalue weighted by atomic mass is 9.95. The van der Waals surface area contributed by atoms with E-state index in [-0.39, 0.29) is 30.3 Å². The molecule has 3 aromatic carbocycles. The zero-order valence-corrected chi connectivity index (χ0v) is 26.0. The maximum atomic E-state index is 13.8. The van der Waals surface area contributed by atoms with Crippen LogP contribution in [0.1, 0.15) is 67.8 Å². The number of nitrogens with one attached hydrogen (secondary N) is 4. The molecule has 45 heavy (non-hydrogen) atoms. The highest BCUT2D eigenvalue weighted by atomic mass is 16.3. The van der Waals surface area contributed by atoms with Gasteiger partial charge in [-0.2, -0.15) is 0 Å². The minimum Gasteiger partial charge on any atom is -0.390 e. The molecule has 1 saturated carbocycles. The van der Waals surface area contributed by atoms with Crippen LogP contribution >= 0.6 is 0 Å². The summed E-state index contributed by atoms with van der Waals surface area (Å²) in [4.78, 5) is 41.0. The number of anilines is 3. The van der Waals surface area contributed by atoms with Gasteiger partial charge in [0, 0.05) is 48.2 Å². The summed E-state index contributed by atoms with van der Waals surface area (Å²) in [7, 11) is 0. The Morgan fingerprint density at radius 3 is 2.31 bits per heavy atom. The summed E-state index contributed by atoms with van der Waals surface area (Å²) in [6.45, 7) is 2.52. The van der Waals surface area contributed by atoms with Crippen LogP contribution in [0.15, 0.2) is 78.9 Å². The van der Waals surface area contributed by atoms with Gasteiger partial charge in [0.2, 0.25) is 11.8 Å². The Labute approximate surface area is 265 Å². The van der Waals surface area contributed by atoms with Gasteiger partial charge in [0.25, 0.3) is 5.91 Å². The third kappa shape index (κ3) is 9.15. The van der Waals surface area contributed by atoms with Crippen LogP contribution in [0.5, 0.6) is 0 Å². The Morgan fingerprint density at radius 2 is 1.62 bits per heavy atom. The first-order chi connectivity index (χ1) is 21.9. The number of nitrogens with zero attached hydrogens (tertiary/aromatic N) is 1. The first kappa shape index (κ1) is 32.2. The molecule has 3 aromatic rings. The van der Waals surface area contributed by atoms with Gasteiger partial charge < -0.3 is 31.3 Å². The third-order valence-corrected chi connectivity index (χ3v) is 8.68. The van der Waals surface area contributed by atoms with Crippen LogP contribution < -0.4 is 26.2 Å². The second-order valence-electron chi connectivity index (χ2n) is 12.2. The minimum absolute atomic E-state index is 0.0308. The predicted molar refractivity (Wildman–Crippen MR) is 178 cm³/mol. The maximum Gasteiger partial charge on any atom is 0.251 e. The van der Waals surface area contributed by atoms with Gasteiger partial charge in [-0.15, -0.1) is 0 Å². The molecular weight excluding hydrogens is 566 g/mol. The van der Waals surface area contributed by atoms with E-state index in [0.717, 1.165) is 43.4 Å². The van der Waals surface area contributed by atoms with E-state index in [0.29, 0.717) is 36.3 Å². The largest absolute Gasteiger partial charge is 0.390 e. The van der Waals surface area contributed by atoms with Crippen LogP contribution in [0.4, 0.5) is 17.1 Å². The van der Waals surface area contributed by atoms with Crippen LogP contribution in [-0.2, 0) is 16.0 Å². The Kier molecular flexibility index (Phi) is 11.2. The van der Waals surface area contributed by atoms with Gasteiger partial charge in [0.05, 0.1) is 18.2 Å². The van der Waals surface area contributed by atoms with E-state index < -0.39 is 18.2 Å². The normalized spacial score (nSPS) is 17.4. The van der Waals surface area contributed by atoms with Crippen molar-refractivity contribution in [3.8, 4) is 0 Å². The first-order valence-electron chi connectivity index (χ1n) is 16.2. The van der Waals surface area contributed by atoms with Crippen molar-refractivity contribution in [2.45, 2.75) is 82.5 Å². The molecule has 1 unspecified atom stereocenters. The molecule has 0 bridgehead atoms. The molecule has 0 aromatic heterocycles. The number of carbonyl (C=O) groups excluding carboxylic acids is 3. The van der Waals surface area contributed by atoms with Crippen LogP contribution in [0, 0.1) is 0 Å². The maximum absolute atomic E-state index is 13.8. The molecule has 5 N–H and O–H groups in total. The van der Waals surface area contributed by atoms with Gasteiger partial charge in [-0.25, -0.2) is 0 Å². The topological polar surface area (TPSA) is 123 Å². The number of hydrogen-bond acceptors (Lipinski definition) is 6. The fraction of sp³-hybridized carbons (Fsp3) is 0.417. The molecule has 2 fully saturated rings. The molecule has 2 aliphatic rings. The number of aliphatic hydroxyl groups is 1. The molecule has 0 spiro atoms. The zero-order chi connectivity index (χ0) is 31.6. The molecule has 1 aliphatic heterocycles. The van der Waals surface area contributed by atoms with Crippen molar-refractivity contribution in [2.75, 3.05) is 23.3 Å². The van der Waals surface area contributed by atoms with Crippen molar-refractivity contribution in [1.82, 2.24) is 16.0 Å². The smallest absolute Gasteiger partial charge is 0.251 e. The molecule has 3 atom stereocenters. The fourth-order valence-electron chi connectivity index (χ4n) is 6.09.